The summed E-state index contributed by atoms with van der Waals surface area (Å²) < 4.78 is 0. The van der Waals surface area contributed by atoms with Crippen molar-refractivity contribution in [3.05, 3.63) is 17.5 Å². The number of hydrogen-bond donors (Lipinski definition) is 2. The number of H-pyrrole nitrogens is 1. The van der Waals surface area contributed by atoms with Gasteiger partial charge in [-0.25, -0.2) is 0 Å². The van der Waals surface area contributed by atoms with Crippen molar-refractivity contribution in [3.63, 3.8) is 0 Å². The van der Waals surface area contributed by atoms with Gasteiger partial charge in [-0.3, -0.25) is 9.89 Å². The molecule has 110 valence electrons. The highest BCUT2D eigenvalue weighted by Crippen LogP contribution is 2.39. The van der Waals surface area contributed by atoms with Crippen molar-refractivity contribution in [1.82, 2.24) is 20.0 Å². The Hall–Kier alpha value is -1.40. The second-order valence-electron chi connectivity index (χ2n) is 6.42. The molecule has 20 heavy (non-hydrogen) atoms. The number of amides is 1. The van der Waals surface area contributed by atoms with Crippen LogP contribution in [-0.2, 0) is 0 Å². The van der Waals surface area contributed by atoms with Gasteiger partial charge in [0, 0.05) is 24.7 Å². The van der Waals surface area contributed by atoms with Crippen molar-refractivity contribution >= 4 is 5.91 Å². The molecule has 1 aromatic rings. The number of hydrogen-bond acceptors (Lipinski definition) is 4. The van der Waals surface area contributed by atoms with Gasteiger partial charge in [-0.2, -0.15) is 5.10 Å². The minimum atomic E-state index is -0.797. The minimum absolute atomic E-state index is 0.0807. The highest BCUT2D eigenvalue weighted by atomic mass is 16.3. The number of likely N-dealkylation sites (N-methyl/N-ethyl adjacent to an activating group) is 1. The molecule has 6 heteroatoms. The molecule has 0 bridgehead atoms. The monoisotopic (exact) mass is 278 g/mol. The first kappa shape index (κ1) is 13.6. The Kier molecular flexibility index (Phi) is 3.30. The van der Waals surface area contributed by atoms with Gasteiger partial charge in [-0.05, 0) is 39.4 Å². The van der Waals surface area contributed by atoms with E-state index in [1.165, 1.54) is 12.8 Å². The van der Waals surface area contributed by atoms with Crippen molar-refractivity contribution < 1.29 is 9.90 Å². The lowest BCUT2D eigenvalue weighted by molar-refractivity contribution is 0.0235. The Morgan fingerprint density at radius 2 is 2.35 bits per heavy atom. The second kappa shape index (κ2) is 4.86. The Bertz CT molecular complexity index is 509. The summed E-state index contributed by atoms with van der Waals surface area (Å²) in [5.41, 5.74) is 0.742. The van der Waals surface area contributed by atoms with Crippen LogP contribution in [0.4, 0.5) is 0 Å². The van der Waals surface area contributed by atoms with E-state index < -0.39 is 5.60 Å². The average molecular weight is 278 g/mol. The van der Waals surface area contributed by atoms with E-state index in [2.05, 4.69) is 10.2 Å². The van der Waals surface area contributed by atoms with Crippen molar-refractivity contribution in [2.24, 2.45) is 0 Å². The SMILES string of the molecule is CN(C)C[C@@]1(O)CCN(C(=O)c2cc(C3CC3)[nH]n2)C1. The van der Waals surface area contributed by atoms with E-state index in [1.807, 2.05) is 25.1 Å². The summed E-state index contributed by atoms with van der Waals surface area (Å²) in [7, 11) is 3.86. The van der Waals surface area contributed by atoms with Gasteiger partial charge in [-0.1, -0.05) is 0 Å². The van der Waals surface area contributed by atoms with E-state index in [4.69, 9.17) is 0 Å². The van der Waals surface area contributed by atoms with Crippen LogP contribution in [0.3, 0.4) is 0 Å². The Morgan fingerprint density at radius 3 is 3.00 bits per heavy atom. The third-order valence-corrected chi connectivity index (χ3v) is 4.06. The number of rotatable bonds is 4. The maximum Gasteiger partial charge on any atom is 0.274 e. The summed E-state index contributed by atoms with van der Waals surface area (Å²) in [6.07, 6.45) is 2.99. The summed E-state index contributed by atoms with van der Waals surface area (Å²) >= 11 is 0. The molecule has 1 aromatic heterocycles. The molecule has 0 radical (unpaired) electrons. The van der Waals surface area contributed by atoms with Crippen LogP contribution in [0.5, 0.6) is 0 Å². The predicted octanol–water partition coefficient (Wildman–Crippen LogP) is 0.426. The largest absolute Gasteiger partial charge is 0.387 e. The molecule has 2 N–H and O–H groups in total. The third kappa shape index (κ3) is 2.71. The first-order valence-electron chi connectivity index (χ1n) is 7.18. The van der Waals surface area contributed by atoms with Gasteiger partial charge in [-0.15, -0.1) is 0 Å². The smallest absolute Gasteiger partial charge is 0.274 e. The second-order valence-corrected chi connectivity index (χ2v) is 6.42. The minimum Gasteiger partial charge on any atom is -0.387 e. The molecule has 1 aliphatic carbocycles. The maximum absolute atomic E-state index is 12.4. The molecule has 0 aromatic carbocycles. The zero-order chi connectivity index (χ0) is 14.3. The fourth-order valence-electron chi connectivity index (χ4n) is 2.96. The number of nitrogens with zero attached hydrogens (tertiary/aromatic N) is 3. The number of aliphatic hydroxyl groups is 1. The lowest BCUT2D eigenvalue weighted by atomic mass is 10.0. The molecule has 0 spiro atoms. The zero-order valence-corrected chi connectivity index (χ0v) is 12.1. The van der Waals surface area contributed by atoms with Gasteiger partial charge in [0.25, 0.3) is 5.91 Å². The zero-order valence-electron chi connectivity index (χ0n) is 12.1. The van der Waals surface area contributed by atoms with Crippen molar-refractivity contribution in [2.75, 3.05) is 33.7 Å². The van der Waals surface area contributed by atoms with E-state index in [0.717, 1.165) is 5.69 Å². The van der Waals surface area contributed by atoms with E-state index in [1.54, 1.807) is 4.90 Å². The van der Waals surface area contributed by atoms with Gasteiger partial charge < -0.3 is 14.9 Å². The van der Waals surface area contributed by atoms with E-state index >= 15 is 0 Å². The Morgan fingerprint density at radius 1 is 1.60 bits per heavy atom. The molecule has 2 fully saturated rings. The molecule has 2 heterocycles. The first-order chi connectivity index (χ1) is 9.47. The van der Waals surface area contributed by atoms with Crippen molar-refractivity contribution in [1.29, 1.82) is 0 Å². The Labute approximate surface area is 118 Å². The average Bonchev–Trinajstić information content (AvgIpc) is 2.97. The molecule has 0 unspecified atom stereocenters. The standard InChI is InChI=1S/C14H22N4O2/c1-17(2)8-14(20)5-6-18(9-14)13(19)12-7-11(15-16-12)10-3-4-10/h7,10,20H,3-6,8-9H2,1-2H3,(H,15,16)/t14-/m0/s1. The third-order valence-electron chi connectivity index (χ3n) is 4.06. The number of carbonyl (C=O) groups is 1. The molecule has 1 saturated carbocycles. The van der Waals surface area contributed by atoms with Gasteiger partial charge in [0.2, 0.25) is 0 Å². The topological polar surface area (TPSA) is 72.5 Å². The molecular formula is C14H22N4O2. The summed E-state index contributed by atoms with van der Waals surface area (Å²) in [6, 6.07) is 1.86. The summed E-state index contributed by atoms with van der Waals surface area (Å²) in [4.78, 5) is 16.1. The van der Waals surface area contributed by atoms with Crippen LogP contribution in [0.1, 0.15) is 41.4 Å². The van der Waals surface area contributed by atoms with Crippen LogP contribution in [-0.4, -0.2) is 70.3 Å². The van der Waals surface area contributed by atoms with Crippen molar-refractivity contribution in [3.8, 4) is 0 Å². The molecule has 2 aliphatic rings. The van der Waals surface area contributed by atoms with Crippen LogP contribution in [0.2, 0.25) is 0 Å². The quantitative estimate of drug-likeness (QED) is 0.837. The molecular weight excluding hydrogens is 256 g/mol. The molecule has 1 atom stereocenters. The first-order valence-corrected chi connectivity index (χ1v) is 7.18. The molecule has 6 nitrogen and oxygen atoms in total. The number of nitrogens with one attached hydrogen (secondary N) is 1. The highest BCUT2D eigenvalue weighted by molar-refractivity contribution is 5.92. The number of β-amino-alcohol motifs (C(OH)–C–C–N with tert-alkyl or cyclic N) is 1. The molecule has 1 aliphatic heterocycles. The lowest BCUT2D eigenvalue weighted by Gasteiger charge is -2.26. The predicted molar refractivity (Wildman–Crippen MR) is 74.6 cm³/mol. The van der Waals surface area contributed by atoms with Gasteiger partial charge in [0.05, 0.1) is 12.1 Å². The maximum atomic E-state index is 12.4. The van der Waals surface area contributed by atoms with E-state index in [-0.39, 0.29) is 5.91 Å². The van der Waals surface area contributed by atoms with E-state index in [0.29, 0.717) is 37.7 Å². The number of aromatic amines is 1. The summed E-state index contributed by atoms with van der Waals surface area (Å²) in [5, 5.41) is 17.5. The van der Waals surface area contributed by atoms with Crippen molar-refractivity contribution in [2.45, 2.75) is 30.8 Å². The fraction of sp³-hybridized carbons (Fsp3) is 0.714. The number of likely N-dealkylation sites (tertiary alicyclic amines) is 1. The van der Waals surface area contributed by atoms with E-state index in [9.17, 15) is 9.90 Å². The molecule has 1 saturated heterocycles. The fourth-order valence-corrected chi connectivity index (χ4v) is 2.96. The van der Waals surface area contributed by atoms with Gasteiger partial charge >= 0.3 is 0 Å². The number of carbonyl (C=O) groups excluding carboxylic acids is 1. The summed E-state index contributed by atoms with van der Waals surface area (Å²) in [6.45, 7) is 1.55. The van der Waals surface area contributed by atoms with Crippen LogP contribution < -0.4 is 0 Å². The Balaban J connectivity index is 1.65. The molecule has 3 rings (SSSR count). The van der Waals surface area contributed by atoms with Crippen LogP contribution in [0.25, 0.3) is 0 Å². The van der Waals surface area contributed by atoms with Crippen LogP contribution in [0.15, 0.2) is 6.07 Å². The molecule has 1 amide bonds. The highest BCUT2D eigenvalue weighted by Gasteiger charge is 2.39. The normalized spacial score (nSPS) is 26.5. The lowest BCUT2D eigenvalue weighted by Crippen LogP contribution is -2.43. The van der Waals surface area contributed by atoms with Crippen LogP contribution >= 0.6 is 0 Å². The number of aromatic nitrogens is 2. The van der Waals surface area contributed by atoms with Crippen LogP contribution in [0, 0.1) is 0 Å². The van der Waals surface area contributed by atoms with Gasteiger partial charge in [0.15, 0.2) is 0 Å². The summed E-state index contributed by atoms with van der Waals surface area (Å²) in [5.74, 6) is 0.483. The van der Waals surface area contributed by atoms with Gasteiger partial charge in [0.1, 0.15) is 5.69 Å².